The molecule has 2 aromatic heterocycles. The van der Waals surface area contributed by atoms with E-state index in [-0.39, 0.29) is 11.9 Å². The van der Waals surface area contributed by atoms with E-state index in [9.17, 15) is 4.79 Å². The fourth-order valence-corrected chi connectivity index (χ4v) is 3.96. The number of halogens is 1. The first kappa shape index (κ1) is 16.1. The lowest BCUT2D eigenvalue weighted by molar-refractivity contribution is 0.0928. The lowest BCUT2D eigenvalue weighted by atomic mass is 10.0. The Morgan fingerprint density at radius 2 is 2.04 bits per heavy atom. The van der Waals surface area contributed by atoms with Crippen LogP contribution >= 0.6 is 22.9 Å². The minimum atomic E-state index is -0.0326. The molecule has 0 radical (unpaired) electrons. The molecule has 2 heterocycles. The predicted octanol–water partition coefficient (Wildman–Crippen LogP) is 4.64. The summed E-state index contributed by atoms with van der Waals surface area (Å²) >= 11 is 7.53. The molecule has 5 heteroatoms. The molecule has 1 amide bonds. The number of amides is 1. The van der Waals surface area contributed by atoms with E-state index in [1.165, 1.54) is 16.9 Å². The SMILES string of the molecule is CC[C@@H](Cc1ccccc1)NC(=O)c1cc2sc(Cl)cc2n1C. The highest BCUT2D eigenvalue weighted by Gasteiger charge is 2.18. The number of rotatable bonds is 5. The predicted molar refractivity (Wildman–Crippen MR) is 97.5 cm³/mol. The van der Waals surface area contributed by atoms with E-state index in [0.717, 1.165) is 27.4 Å². The van der Waals surface area contributed by atoms with E-state index in [0.29, 0.717) is 5.69 Å². The zero-order chi connectivity index (χ0) is 16.4. The number of carbonyl (C=O) groups is 1. The Morgan fingerprint density at radius 1 is 1.30 bits per heavy atom. The number of hydrogen-bond donors (Lipinski definition) is 1. The molecule has 0 unspecified atom stereocenters. The first-order chi connectivity index (χ1) is 11.1. The van der Waals surface area contributed by atoms with Crippen molar-refractivity contribution in [3.8, 4) is 0 Å². The van der Waals surface area contributed by atoms with Crippen LogP contribution in [-0.2, 0) is 13.5 Å². The first-order valence-corrected chi connectivity index (χ1v) is 8.87. The topological polar surface area (TPSA) is 34.0 Å². The smallest absolute Gasteiger partial charge is 0.268 e. The second-order valence-corrected chi connectivity index (χ2v) is 7.37. The molecule has 0 saturated heterocycles. The third-order valence-corrected chi connectivity index (χ3v) is 5.29. The molecule has 0 aliphatic rings. The molecule has 0 bridgehead atoms. The highest BCUT2D eigenvalue weighted by atomic mass is 35.5. The minimum absolute atomic E-state index is 0.0326. The summed E-state index contributed by atoms with van der Waals surface area (Å²) in [5.41, 5.74) is 2.91. The maximum absolute atomic E-state index is 12.6. The third-order valence-electron chi connectivity index (χ3n) is 4.09. The molecular weight excluding hydrogens is 328 g/mol. The third kappa shape index (κ3) is 3.43. The Bertz CT molecular complexity index is 822. The molecule has 0 aliphatic carbocycles. The summed E-state index contributed by atoms with van der Waals surface area (Å²) in [6, 6.07) is 14.2. The summed E-state index contributed by atoms with van der Waals surface area (Å²) in [7, 11) is 1.90. The van der Waals surface area contributed by atoms with Crippen molar-refractivity contribution in [3.05, 3.63) is 58.1 Å². The van der Waals surface area contributed by atoms with Gasteiger partial charge in [0.15, 0.2) is 0 Å². The molecule has 1 N–H and O–H groups in total. The van der Waals surface area contributed by atoms with Gasteiger partial charge in [-0.3, -0.25) is 4.79 Å². The number of fused-ring (bicyclic) bond motifs is 1. The molecule has 0 fully saturated rings. The number of aryl methyl sites for hydroxylation is 1. The van der Waals surface area contributed by atoms with Crippen LogP contribution in [0.4, 0.5) is 0 Å². The van der Waals surface area contributed by atoms with Crippen LogP contribution in [0.1, 0.15) is 29.4 Å². The van der Waals surface area contributed by atoms with Crippen LogP contribution in [0, 0.1) is 0 Å². The van der Waals surface area contributed by atoms with Crippen molar-refractivity contribution in [1.29, 1.82) is 0 Å². The Balaban J connectivity index is 1.75. The molecule has 23 heavy (non-hydrogen) atoms. The Kier molecular flexibility index (Phi) is 4.74. The number of carbonyl (C=O) groups excluding carboxylic acids is 1. The maximum Gasteiger partial charge on any atom is 0.268 e. The van der Waals surface area contributed by atoms with Gasteiger partial charge >= 0.3 is 0 Å². The molecule has 0 aliphatic heterocycles. The summed E-state index contributed by atoms with van der Waals surface area (Å²) < 4.78 is 3.69. The molecule has 3 aromatic rings. The van der Waals surface area contributed by atoms with Crippen molar-refractivity contribution < 1.29 is 4.79 Å². The van der Waals surface area contributed by atoms with Crippen molar-refractivity contribution in [2.75, 3.05) is 0 Å². The lowest BCUT2D eigenvalue weighted by Crippen LogP contribution is -2.36. The van der Waals surface area contributed by atoms with E-state index in [4.69, 9.17) is 11.6 Å². The summed E-state index contributed by atoms with van der Waals surface area (Å²) in [5, 5.41) is 3.15. The standard InChI is InChI=1S/C18H19ClN2OS/c1-3-13(9-12-7-5-4-6-8-12)20-18(22)15-10-16-14(21(15)2)11-17(19)23-16/h4-8,10-11,13H,3,9H2,1-2H3,(H,20,22)/t13-/m0/s1. The van der Waals surface area contributed by atoms with Crippen LogP contribution in [0.15, 0.2) is 42.5 Å². The van der Waals surface area contributed by atoms with Crippen LogP contribution < -0.4 is 5.32 Å². The summed E-state index contributed by atoms with van der Waals surface area (Å²) in [6.07, 6.45) is 1.74. The van der Waals surface area contributed by atoms with Crippen molar-refractivity contribution in [2.24, 2.45) is 7.05 Å². The van der Waals surface area contributed by atoms with Gasteiger partial charge in [0.05, 0.1) is 14.6 Å². The van der Waals surface area contributed by atoms with Gasteiger partial charge in [-0.2, -0.15) is 0 Å². The van der Waals surface area contributed by atoms with Crippen LogP contribution in [0.3, 0.4) is 0 Å². The molecule has 1 aromatic carbocycles. The zero-order valence-corrected chi connectivity index (χ0v) is 14.7. The highest BCUT2D eigenvalue weighted by Crippen LogP contribution is 2.31. The summed E-state index contributed by atoms with van der Waals surface area (Å²) in [4.78, 5) is 12.6. The van der Waals surface area contributed by atoms with Crippen molar-refractivity contribution >= 4 is 39.1 Å². The monoisotopic (exact) mass is 346 g/mol. The van der Waals surface area contributed by atoms with E-state index in [1.807, 2.05) is 41.9 Å². The van der Waals surface area contributed by atoms with Gasteiger partial charge < -0.3 is 9.88 Å². The van der Waals surface area contributed by atoms with E-state index < -0.39 is 0 Å². The van der Waals surface area contributed by atoms with Crippen molar-refractivity contribution in [3.63, 3.8) is 0 Å². The molecule has 3 rings (SSSR count). The lowest BCUT2D eigenvalue weighted by Gasteiger charge is -2.17. The number of nitrogens with zero attached hydrogens (tertiary/aromatic N) is 1. The van der Waals surface area contributed by atoms with E-state index in [1.54, 1.807) is 0 Å². The molecule has 120 valence electrons. The van der Waals surface area contributed by atoms with Crippen LogP contribution in [0.5, 0.6) is 0 Å². The number of hydrogen-bond acceptors (Lipinski definition) is 2. The minimum Gasteiger partial charge on any atom is -0.348 e. The van der Waals surface area contributed by atoms with Gasteiger partial charge in [0.2, 0.25) is 0 Å². The fraction of sp³-hybridized carbons (Fsp3) is 0.278. The maximum atomic E-state index is 12.6. The number of aromatic nitrogens is 1. The van der Waals surface area contributed by atoms with Gasteiger partial charge in [-0.1, -0.05) is 48.9 Å². The van der Waals surface area contributed by atoms with Gasteiger partial charge in [0.1, 0.15) is 5.69 Å². The van der Waals surface area contributed by atoms with Gasteiger partial charge in [-0.25, -0.2) is 0 Å². The molecule has 0 saturated carbocycles. The van der Waals surface area contributed by atoms with Crippen LogP contribution in [0.2, 0.25) is 4.34 Å². The fourth-order valence-electron chi connectivity index (χ4n) is 2.75. The molecule has 1 atom stereocenters. The number of nitrogens with one attached hydrogen (secondary N) is 1. The summed E-state index contributed by atoms with van der Waals surface area (Å²) in [6.45, 7) is 2.09. The van der Waals surface area contributed by atoms with Crippen molar-refractivity contribution in [2.45, 2.75) is 25.8 Å². The highest BCUT2D eigenvalue weighted by molar-refractivity contribution is 7.22. The quantitative estimate of drug-likeness (QED) is 0.717. The van der Waals surface area contributed by atoms with E-state index >= 15 is 0 Å². The Hall–Kier alpha value is -1.78. The van der Waals surface area contributed by atoms with Gasteiger partial charge in [-0.15, -0.1) is 11.3 Å². The Morgan fingerprint density at radius 3 is 2.70 bits per heavy atom. The average molecular weight is 347 g/mol. The Labute approximate surface area is 144 Å². The first-order valence-electron chi connectivity index (χ1n) is 7.68. The second-order valence-electron chi connectivity index (χ2n) is 5.66. The number of benzene rings is 1. The van der Waals surface area contributed by atoms with Crippen LogP contribution in [-0.4, -0.2) is 16.5 Å². The summed E-state index contributed by atoms with van der Waals surface area (Å²) in [5.74, 6) is -0.0326. The van der Waals surface area contributed by atoms with Crippen molar-refractivity contribution in [1.82, 2.24) is 9.88 Å². The second kappa shape index (κ2) is 6.77. The van der Waals surface area contributed by atoms with Gasteiger partial charge in [0.25, 0.3) is 5.91 Å². The van der Waals surface area contributed by atoms with Crippen LogP contribution in [0.25, 0.3) is 10.2 Å². The normalized spacial score (nSPS) is 12.5. The number of thiophene rings is 1. The van der Waals surface area contributed by atoms with Gasteiger partial charge in [-0.05, 0) is 30.5 Å². The molecular formula is C18H19ClN2OS. The molecule has 0 spiro atoms. The zero-order valence-electron chi connectivity index (χ0n) is 13.2. The average Bonchev–Trinajstić information content (AvgIpc) is 3.05. The van der Waals surface area contributed by atoms with Gasteiger partial charge in [0, 0.05) is 13.1 Å². The molecule has 3 nitrogen and oxygen atoms in total. The van der Waals surface area contributed by atoms with E-state index in [2.05, 4.69) is 24.4 Å². The largest absolute Gasteiger partial charge is 0.348 e.